The number of benzene rings is 2. The quantitative estimate of drug-likeness (QED) is 0.538. The van der Waals surface area contributed by atoms with Crippen molar-refractivity contribution in [2.45, 2.75) is 6.92 Å². The Hall–Kier alpha value is -4.07. The second kappa shape index (κ2) is 7.89. The van der Waals surface area contributed by atoms with Gasteiger partial charge in [0.15, 0.2) is 0 Å². The molecule has 0 saturated heterocycles. The van der Waals surface area contributed by atoms with Crippen LogP contribution in [0.1, 0.15) is 16.2 Å². The molecule has 144 valence electrons. The molecule has 2 aromatic carbocycles. The largest absolute Gasteiger partial charge is 0.340 e. The van der Waals surface area contributed by atoms with Gasteiger partial charge in [-0.05, 0) is 43.3 Å². The molecule has 0 spiro atoms. The molecule has 0 aliphatic heterocycles. The SMILES string of the molecule is Cc1nc(Nc2ccc(NC(=O)c3ccccc3F)cc2)cc(-n2ccnc2)n1. The average Bonchev–Trinajstić information content (AvgIpc) is 3.24. The number of carbonyl (C=O) groups excluding carboxylic acids is 1. The minimum atomic E-state index is -0.559. The second-order valence-electron chi connectivity index (χ2n) is 6.26. The number of hydrogen-bond donors (Lipinski definition) is 2. The van der Waals surface area contributed by atoms with E-state index >= 15 is 0 Å². The van der Waals surface area contributed by atoms with E-state index < -0.39 is 11.7 Å². The van der Waals surface area contributed by atoms with Crippen LogP contribution in [0.4, 0.5) is 21.6 Å². The molecular formula is C21H17FN6O. The molecular weight excluding hydrogens is 371 g/mol. The Kier molecular flexibility index (Phi) is 4.98. The van der Waals surface area contributed by atoms with E-state index in [2.05, 4.69) is 25.6 Å². The van der Waals surface area contributed by atoms with Gasteiger partial charge in [-0.2, -0.15) is 0 Å². The number of hydrogen-bond acceptors (Lipinski definition) is 5. The lowest BCUT2D eigenvalue weighted by atomic mass is 10.2. The normalized spacial score (nSPS) is 10.6. The predicted octanol–water partition coefficient (Wildman–Crippen LogP) is 4.11. The van der Waals surface area contributed by atoms with Gasteiger partial charge >= 0.3 is 0 Å². The first-order valence-corrected chi connectivity index (χ1v) is 8.85. The third kappa shape index (κ3) is 4.27. The smallest absolute Gasteiger partial charge is 0.258 e. The van der Waals surface area contributed by atoms with Crippen molar-refractivity contribution in [2.24, 2.45) is 0 Å². The van der Waals surface area contributed by atoms with Crippen molar-refractivity contribution in [3.63, 3.8) is 0 Å². The number of imidazole rings is 1. The summed E-state index contributed by atoms with van der Waals surface area (Å²) in [5.74, 6) is 0.888. The summed E-state index contributed by atoms with van der Waals surface area (Å²) in [5, 5.41) is 5.90. The zero-order valence-electron chi connectivity index (χ0n) is 15.5. The lowest BCUT2D eigenvalue weighted by Gasteiger charge is -2.10. The van der Waals surface area contributed by atoms with Crippen molar-refractivity contribution in [3.05, 3.63) is 90.5 Å². The maximum absolute atomic E-state index is 13.7. The first-order chi connectivity index (χ1) is 14.1. The van der Waals surface area contributed by atoms with Gasteiger partial charge in [-0.3, -0.25) is 9.36 Å². The Morgan fingerprint density at radius 3 is 2.52 bits per heavy atom. The van der Waals surface area contributed by atoms with E-state index in [-0.39, 0.29) is 5.56 Å². The van der Waals surface area contributed by atoms with Gasteiger partial charge in [0.2, 0.25) is 0 Å². The van der Waals surface area contributed by atoms with Crippen molar-refractivity contribution in [1.82, 2.24) is 19.5 Å². The van der Waals surface area contributed by atoms with E-state index in [9.17, 15) is 9.18 Å². The van der Waals surface area contributed by atoms with Crippen molar-refractivity contribution in [3.8, 4) is 5.82 Å². The summed E-state index contributed by atoms with van der Waals surface area (Å²) in [4.78, 5) is 25.0. The lowest BCUT2D eigenvalue weighted by molar-refractivity contribution is 0.102. The Labute approximate surface area is 166 Å². The number of amides is 1. The lowest BCUT2D eigenvalue weighted by Crippen LogP contribution is -2.13. The summed E-state index contributed by atoms with van der Waals surface area (Å²) >= 11 is 0. The van der Waals surface area contributed by atoms with Gasteiger partial charge in [-0.15, -0.1) is 0 Å². The number of aromatic nitrogens is 4. The summed E-state index contributed by atoms with van der Waals surface area (Å²) < 4.78 is 15.5. The molecule has 2 heterocycles. The summed E-state index contributed by atoms with van der Waals surface area (Å²) in [5.41, 5.74) is 1.34. The summed E-state index contributed by atoms with van der Waals surface area (Å²) in [6, 6.07) is 14.7. The van der Waals surface area contributed by atoms with Crippen LogP contribution in [0.2, 0.25) is 0 Å². The van der Waals surface area contributed by atoms with Gasteiger partial charge in [0.25, 0.3) is 5.91 Å². The molecule has 0 atom stereocenters. The third-order valence-electron chi connectivity index (χ3n) is 4.13. The van der Waals surface area contributed by atoms with Crippen molar-refractivity contribution < 1.29 is 9.18 Å². The van der Waals surface area contributed by atoms with Crippen LogP contribution in [-0.2, 0) is 0 Å². The van der Waals surface area contributed by atoms with Crippen LogP contribution in [0.5, 0.6) is 0 Å². The number of halogens is 1. The van der Waals surface area contributed by atoms with Crippen LogP contribution in [0.3, 0.4) is 0 Å². The zero-order valence-corrected chi connectivity index (χ0v) is 15.5. The molecule has 2 N–H and O–H groups in total. The third-order valence-corrected chi connectivity index (χ3v) is 4.13. The molecule has 0 bridgehead atoms. The molecule has 0 radical (unpaired) electrons. The van der Waals surface area contributed by atoms with Crippen LogP contribution < -0.4 is 10.6 Å². The monoisotopic (exact) mass is 388 g/mol. The maximum Gasteiger partial charge on any atom is 0.258 e. The van der Waals surface area contributed by atoms with E-state index in [0.29, 0.717) is 23.1 Å². The van der Waals surface area contributed by atoms with Crippen LogP contribution in [0, 0.1) is 12.7 Å². The molecule has 0 unspecified atom stereocenters. The molecule has 7 nitrogen and oxygen atoms in total. The highest BCUT2D eigenvalue weighted by atomic mass is 19.1. The molecule has 4 rings (SSSR count). The maximum atomic E-state index is 13.7. The summed E-state index contributed by atoms with van der Waals surface area (Å²) in [6.45, 7) is 1.81. The molecule has 0 aliphatic carbocycles. The van der Waals surface area contributed by atoms with E-state index in [1.807, 2.05) is 13.0 Å². The molecule has 0 aliphatic rings. The molecule has 8 heteroatoms. The highest BCUT2D eigenvalue weighted by Crippen LogP contribution is 2.20. The van der Waals surface area contributed by atoms with Crippen LogP contribution in [0.25, 0.3) is 5.82 Å². The van der Waals surface area contributed by atoms with Gasteiger partial charge in [0.05, 0.1) is 5.56 Å². The molecule has 29 heavy (non-hydrogen) atoms. The standard InChI is InChI=1S/C21H17FN6O/c1-14-24-19(12-20(25-14)28-11-10-23-13-28)26-15-6-8-16(9-7-15)27-21(29)17-4-2-3-5-18(17)22/h2-13H,1H3,(H,27,29)(H,24,25,26). The molecule has 0 fully saturated rings. The number of nitrogens with one attached hydrogen (secondary N) is 2. The second-order valence-corrected chi connectivity index (χ2v) is 6.26. The molecule has 4 aromatic rings. The van der Waals surface area contributed by atoms with E-state index in [1.54, 1.807) is 59.7 Å². The Morgan fingerprint density at radius 1 is 1.03 bits per heavy atom. The van der Waals surface area contributed by atoms with Crippen LogP contribution in [-0.4, -0.2) is 25.4 Å². The minimum Gasteiger partial charge on any atom is -0.340 e. The average molecular weight is 388 g/mol. The first-order valence-electron chi connectivity index (χ1n) is 8.85. The Balaban J connectivity index is 1.48. The van der Waals surface area contributed by atoms with Crippen molar-refractivity contribution in [1.29, 1.82) is 0 Å². The molecule has 1 amide bonds. The first kappa shape index (κ1) is 18.3. The number of rotatable bonds is 5. The fourth-order valence-corrected chi connectivity index (χ4v) is 2.77. The van der Waals surface area contributed by atoms with Crippen molar-refractivity contribution >= 4 is 23.1 Å². The van der Waals surface area contributed by atoms with Crippen LogP contribution >= 0.6 is 0 Å². The van der Waals surface area contributed by atoms with Gasteiger partial charge < -0.3 is 10.6 Å². The summed E-state index contributed by atoms with van der Waals surface area (Å²) in [7, 11) is 0. The van der Waals surface area contributed by atoms with Gasteiger partial charge in [0, 0.05) is 29.8 Å². The number of carbonyl (C=O) groups is 1. The van der Waals surface area contributed by atoms with Crippen molar-refractivity contribution in [2.75, 3.05) is 10.6 Å². The topological polar surface area (TPSA) is 84.7 Å². The van der Waals surface area contributed by atoms with Crippen LogP contribution in [0.15, 0.2) is 73.3 Å². The zero-order chi connectivity index (χ0) is 20.2. The van der Waals surface area contributed by atoms with E-state index in [1.165, 1.54) is 12.1 Å². The van der Waals surface area contributed by atoms with Gasteiger partial charge in [0.1, 0.15) is 29.6 Å². The minimum absolute atomic E-state index is 0.00167. The number of aryl methyl sites for hydroxylation is 1. The fraction of sp³-hybridized carbons (Fsp3) is 0.0476. The molecule has 0 saturated carbocycles. The highest BCUT2D eigenvalue weighted by Gasteiger charge is 2.11. The highest BCUT2D eigenvalue weighted by molar-refractivity contribution is 6.04. The fourth-order valence-electron chi connectivity index (χ4n) is 2.77. The summed E-state index contributed by atoms with van der Waals surface area (Å²) in [6.07, 6.45) is 5.15. The van der Waals surface area contributed by atoms with Gasteiger partial charge in [-0.25, -0.2) is 19.3 Å². The number of nitrogens with zero attached hydrogens (tertiary/aromatic N) is 4. The number of anilines is 3. The van der Waals surface area contributed by atoms with E-state index in [4.69, 9.17) is 0 Å². The Bertz CT molecular complexity index is 1140. The Morgan fingerprint density at radius 2 is 1.79 bits per heavy atom. The predicted molar refractivity (Wildman–Crippen MR) is 108 cm³/mol. The van der Waals surface area contributed by atoms with E-state index in [0.717, 1.165) is 5.69 Å². The van der Waals surface area contributed by atoms with Gasteiger partial charge in [-0.1, -0.05) is 12.1 Å². The molecule has 2 aromatic heterocycles.